The molecule has 2 heterocycles. The van der Waals surface area contributed by atoms with Crippen LogP contribution in [0.1, 0.15) is 23.2 Å². The van der Waals surface area contributed by atoms with Crippen LogP contribution in [-0.4, -0.2) is 53.8 Å². The molecule has 1 aliphatic heterocycles. The topological polar surface area (TPSA) is 54.6 Å². The summed E-state index contributed by atoms with van der Waals surface area (Å²) in [5.41, 5.74) is 0.709. The molecular weight excluding hydrogens is 256 g/mol. The second-order valence-corrected chi connectivity index (χ2v) is 5.24. The van der Waals surface area contributed by atoms with Gasteiger partial charge in [-0.1, -0.05) is 6.08 Å². The Morgan fingerprint density at radius 3 is 3.25 bits per heavy atom. The summed E-state index contributed by atoms with van der Waals surface area (Å²) in [5, 5.41) is 0. The SMILES string of the molecule is C=CCO[C@@H]1CC[C@H]2[C@H]1OCCN2C(=O)c1cc[nH]c1. The smallest absolute Gasteiger partial charge is 0.255 e. The predicted octanol–water partition coefficient (Wildman–Crippen LogP) is 1.59. The van der Waals surface area contributed by atoms with Crippen LogP contribution in [0.15, 0.2) is 31.1 Å². The van der Waals surface area contributed by atoms with Gasteiger partial charge < -0.3 is 19.4 Å². The minimum absolute atomic E-state index is 0.00779. The van der Waals surface area contributed by atoms with Crippen molar-refractivity contribution in [2.75, 3.05) is 19.8 Å². The van der Waals surface area contributed by atoms with Gasteiger partial charge in [0.05, 0.1) is 30.9 Å². The molecule has 1 aromatic heterocycles. The van der Waals surface area contributed by atoms with Crippen molar-refractivity contribution in [1.82, 2.24) is 9.88 Å². The van der Waals surface area contributed by atoms with Crippen molar-refractivity contribution in [2.24, 2.45) is 0 Å². The predicted molar refractivity (Wildman–Crippen MR) is 74.5 cm³/mol. The minimum Gasteiger partial charge on any atom is -0.372 e. The molecule has 0 radical (unpaired) electrons. The first-order chi connectivity index (χ1) is 9.81. The largest absolute Gasteiger partial charge is 0.372 e. The number of rotatable bonds is 4. The van der Waals surface area contributed by atoms with Crippen LogP contribution in [0.4, 0.5) is 0 Å². The van der Waals surface area contributed by atoms with Crippen LogP contribution < -0.4 is 0 Å². The summed E-state index contributed by atoms with van der Waals surface area (Å²) >= 11 is 0. The number of morpholine rings is 1. The van der Waals surface area contributed by atoms with Crippen LogP contribution >= 0.6 is 0 Å². The molecule has 5 nitrogen and oxygen atoms in total. The molecule has 3 atom stereocenters. The van der Waals surface area contributed by atoms with Gasteiger partial charge >= 0.3 is 0 Å². The molecule has 1 aliphatic carbocycles. The van der Waals surface area contributed by atoms with E-state index in [9.17, 15) is 4.79 Å². The molecular formula is C15H20N2O3. The monoisotopic (exact) mass is 276 g/mol. The quantitative estimate of drug-likeness (QED) is 0.850. The zero-order valence-corrected chi connectivity index (χ0v) is 11.5. The number of nitrogens with one attached hydrogen (secondary N) is 1. The maximum absolute atomic E-state index is 12.5. The molecule has 1 N–H and O–H groups in total. The molecule has 0 bridgehead atoms. The number of H-pyrrole nitrogens is 1. The van der Waals surface area contributed by atoms with Crippen LogP contribution in [0.5, 0.6) is 0 Å². The first-order valence-electron chi connectivity index (χ1n) is 7.09. The van der Waals surface area contributed by atoms with Gasteiger partial charge in [0, 0.05) is 18.9 Å². The Labute approximate surface area is 118 Å². The number of nitrogens with zero attached hydrogens (tertiary/aromatic N) is 1. The molecule has 5 heteroatoms. The lowest BCUT2D eigenvalue weighted by molar-refractivity contribution is -0.100. The molecule has 0 spiro atoms. The second-order valence-electron chi connectivity index (χ2n) is 5.24. The summed E-state index contributed by atoms with van der Waals surface area (Å²) in [7, 11) is 0. The van der Waals surface area contributed by atoms with Crippen molar-refractivity contribution in [1.29, 1.82) is 0 Å². The Bertz CT molecular complexity index is 471. The summed E-state index contributed by atoms with van der Waals surface area (Å²) in [5.74, 6) is 0.0777. The highest BCUT2D eigenvalue weighted by molar-refractivity contribution is 5.94. The van der Waals surface area contributed by atoms with Gasteiger partial charge in [0.15, 0.2) is 0 Å². The van der Waals surface area contributed by atoms with E-state index in [2.05, 4.69) is 11.6 Å². The van der Waals surface area contributed by atoms with E-state index in [0.717, 1.165) is 12.8 Å². The Morgan fingerprint density at radius 2 is 2.50 bits per heavy atom. The Hall–Kier alpha value is -1.59. The maximum atomic E-state index is 12.5. The maximum Gasteiger partial charge on any atom is 0.255 e. The fourth-order valence-corrected chi connectivity index (χ4v) is 3.16. The molecule has 108 valence electrons. The van der Waals surface area contributed by atoms with E-state index in [-0.39, 0.29) is 24.2 Å². The Balaban J connectivity index is 1.71. The number of carbonyl (C=O) groups is 1. The molecule has 1 saturated heterocycles. The van der Waals surface area contributed by atoms with Gasteiger partial charge in [0.1, 0.15) is 6.10 Å². The molecule has 3 rings (SSSR count). The number of aromatic nitrogens is 1. The normalized spacial score (nSPS) is 29.2. The number of hydrogen-bond acceptors (Lipinski definition) is 3. The molecule has 0 unspecified atom stereocenters. The van der Waals surface area contributed by atoms with Gasteiger partial charge in [-0.2, -0.15) is 0 Å². The lowest BCUT2D eigenvalue weighted by Crippen LogP contribution is -2.53. The van der Waals surface area contributed by atoms with Crippen LogP contribution in [-0.2, 0) is 9.47 Å². The standard InChI is InChI=1S/C15H20N2O3/c1-2-8-19-13-4-3-12-14(13)20-9-7-17(12)15(18)11-5-6-16-10-11/h2,5-6,10,12-14,16H,1,3-4,7-9H2/t12-,13+,14+/m0/s1. The third-order valence-electron chi connectivity index (χ3n) is 4.07. The number of fused-ring (bicyclic) bond motifs is 1. The highest BCUT2D eigenvalue weighted by Crippen LogP contribution is 2.32. The fourth-order valence-electron chi connectivity index (χ4n) is 3.16. The summed E-state index contributed by atoms with van der Waals surface area (Å²) in [4.78, 5) is 17.4. The number of ether oxygens (including phenoxy) is 2. The van der Waals surface area contributed by atoms with Crippen LogP contribution in [0, 0.1) is 0 Å². The number of hydrogen-bond donors (Lipinski definition) is 1. The van der Waals surface area contributed by atoms with Crippen molar-refractivity contribution in [3.8, 4) is 0 Å². The van der Waals surface area contributed by atoms with E-state index in [0.29, 0.717) is 25.3 Å². The van der Waals surface area contributed by atoms with E-state index < -0.39 is 0 Å². The van der Waals surface area contributed by atoms with Gasteiger partial charge in [-0.25, -0.2) is 0 Å². The zero-order chi connectivity index (χ0) is 13.9. The molecule has 1 aromatic rings. The Morgan fingerprint density at radius 1 is 1.60 bits per heavy atom. The molecule has 1 saturated carbocycles. The molecule has 2 aliphatic rings. The summed E-state index contributed by atoms with van der Waals surface area (Å²) in [6.07, 6.45) is 7.19. The van der Waals surface area contributed by atoms with Crippen molar-refractivity contribution in [3.05, 3.63) is 36.7 Å². The van der Waals surface area contributed by atoms with Crippen LogP contribution in [0.2, 0.25) is 0 Å². The zero-order valence-electron chi connectivity index (χ0n) is 11.5. The third kappa shape index (κ3) is 2.39. The average Bonchev–Trinajstić information content (AvgIpc) is 3.13. The van der Waals surface area contributed by atoms with E-state index in [1.54, 1.807) is 18.5 Å². The lowest BCUT2D eigenvalue weighted by atomic mass is 10.1. The number of amides is 1. The third-order valence-corrected chi connectivity index (χ3v) is 4.07. The first-order valence-corrected chi connectivity index (χ1v) is 7.09. The van der Waals surface area contributed by atoms with E-state index in [1.165, 1.54) is 0 Å². The van der Waals surface area contributed by atoms with Gasteiger partial charge in [-0.15, -0.1) is 6.58 Å². The van der Waals surface area contributed by atoms with Crippen molar-refractivity contribution < 1.29 is 14.3 Å². The number of carbonyl (C=O) groups excluding carboxylic acids is 1. The molecule has 1 amide bonds. The number of aromatic amines is 1. The highest BCUT2D eigenvalue weighted by Gasteiger charge is 2.45. The van der Waals surface area contributed by atoms with E-state index in [4.69, 9.17) is 9.47 Å². The van der Waals surface area contributed by atoms with Gasteiger partial charge in [0.2, 0.25) is 0 Å². The van der Waals surface area contributed by atoms with Crippen LogP contribution in [0.3, 0.4) is 0 Å². The summed E-state index contributed by atoms with van der Waals surface area (Å²) in [6, 6.07) is 1.94. The van der Waals surface area contributed by atoms with Gasteiger partial charge in [-0.05, 0) is 18.9 Å². The van der Waals surface area contributed by atoms with Crippen molar-refractivity contribution in [2.45, 2.75) is 31.1 Å². The fraction of sp³-hybridized carbons (Fsp3) is 0.533. The van der Waals surface area contributed by atoms with Crippen LogP contribution in [0.25, 0.3) is 0 Å². The van der Waals surface area contributed by atoms with Gasteiger partial charge in [-0.3, -0.25) is 4.79 Å². The Kier molecular flexibility index (Phi) is 3.89. The lowest BCUT2D eigenvalue weighted by Gasteiger charge is -2.38. The molecule has 20 heavy (non-hydrogen) atoms. The van der Waals surface area contributed by atoms with Gasteiger partial charge in [0.25, 0.3) is 5.91 Å². The second kappa shape index (κ2) is 5.81. The molecule has 0 aromatic carbocycles. The van der Waals surface area contributed by atoms with E-state index in [1.807, 2.05) is 11.0 Å². The minimum atomic E-state index is -0.00779. The summed E-state index contributed by atoms with van der Waals surface area (Å²) < 4.78 is 11.6. The molecule has 2 fully saturated rings. The van der Waals surface area contributed by atoms with E-state index >= 15 is 0 Å². The summed E-state index contributed by atoms with van der Waals surface area (Å²) in [6.45, 7) is 5.43. The first kappa shape index (κ1) is 13.4. The highest BCUT2D eigenvalue weighted by atomic mass is 16.5. The van der Waals surface area contributed by atoms with Crippen molar-refractivity contribution in [3.63, 3.8) is 0 Å². The average molecular weight is 276 g/mol. The van der Waals surface area contributed by atoms with Crippen molar-refractivity contribution >= 4 is 5.91 Å².